The molecule has 1 aromatic carbocycles. The predicted octanol–water partition coefficient (Wildman–Crippen LogP) is 4.64. The molecule has 6 nitrogen and oxygen atoms in total. The van der Waals surface area contributed by atoms with Gasteiger partial charge < -0.3 is 10.1 Å². The number of aryl methyl sites for hydroxylation is 1. The summed E-state index contributed by atoms with van der Waals surface area (Å²) in [5.74, 6) is 0.238. The third kappa shape index (κ3) is 5.19. The van der Waals surface area contributed by atoms with Crippen LogP contribution in [-0.4, -0.2) is 20.7 Å². The minimum absolute atomic E-state index is 0.171. The fourth-order valence-corrected chi connectivity index (χ4v) is 3.65. The van der Waals surface area contributed by atoms with Gasteiger partial charge in [0.15, 0.2) is 5.13 Å². The third-order valence-corrected chi connectivity index (χ3v) is 5.15. The molecule has 0 bridgehead atoms. The second-order valence-electron chi connectivity index (χ2n) is 7.20. The monoisotopic (exact) mass is 398 g/mol. The maximum absolute atomic E-state index is 12.3. The molecular weight excluding hydrogens is 372 g/mol. The largest absolute Gasteiger partial charge is 0.459 e. The summed E-state index contributed by atoms with van der Waals surface area (Å²) in [6.45, 7) is 9.27. The van der Waals surface area contributed by atoms with Crippen LogP contribution in [0.15, 0.2) is 35.7 Å². The van der Waals surface area contributed by atoms with Gasteiger partial charge in [-0.15, -0.1) is 11.3 Å². The van der Waals surface area contributed by atoms with Gasteiger partial charge in [0.1, 0.15) is 6.61 Å². The highest BCUT2D eigenvalue weighted by molar-refractivity contribution is 7.13. The van der Waals surface area contributed by atoms with Crippen molar-refractivity contribution in [3.8, 4) is 0 Å². The van der Waals surface area contributed by atoms with Gasteiger partial charge in [0.2, 0.25) is 0 Å². The maximum atomic E-state index is 12.3. The van der Waals surface area contributed by atoms with Crippen LogP contribution in [0.1, 0.15) is 36.5 Å². The number of aromatic nitrogens is 3. The van der Waals surface area contributed by atoms with Crippen molar-refractivity contribution in [1.82, 2.24) is 14.8 Å². The first-order valence-electron chi connectivity index (χ1n) is 9.37. The highest BCUT2D eigenvalue weighted by atomic mass is 32.1. The highest BCUT2D eigenvalue weighted by Crippen LogP contribution is 2.21. The fraction of sp³-hybridized carbons (Fsp3) is 0.381. The summed E-state index contributed by atoms with van der Waals surface area (Å²) in [4.78, 5) is 16.8. The summed E-state index contributed by atoms with van der Waals surface area (Å²) < 4.78 is 7.41. The van der Waals surface area contributed by atoms with Crippen molar-refractivity contribution in [1.29, 1.82) is 0 Å². The normalized spacial score (nSPS) is 11.0. The Balaban J connectivity index is 1.54. The Morgan fingerprint density at radius 1 is 1.25 bits per heavy atom. The van der Waals surface area contributed by atoms with Gasteiger partial charge in [-0.1, -0.05) is 32.0 Å². The quantitative estimate of drug-likeness (QED) is 0.560. The second kappa shape index (κ2) is 9.01. The van der Waals surface area contributed by atoms with Gasteiger partial charge in [0.05, 0.1) is 17.8 Å². The Kier molecular flexibility index (Phi) is 6.46. The van der Waals surface area contributed by atoms with Crippen LogP contribution in [0.4, 0.5) is 10.8 Å². The number of hydrogen-bond acceptors (Lipinski definition) is 6. The average molecular weight is 399 g/mol. The molecule has 148 valence electrons. The van der Waals surface area contributed by atoms with Gasteiger partial charge in [-0.25, -0.2) is 4.98 Å². The second-order valence-corrected chi connectivity index (χ2v) is 8.06. The van der Waals surface area contributed by atoms with E-state index in [-0.39, 0.29) is 19.0 Å². The number of carbonyl (C=O) groups is 1. The van der Waals surface area contributed by atoms with Crippen LogP contribution in [0.3, 0.4) is 0 Å². The van der Waals surface area contributed by atoms with Crippen LogP contribution in [-0.2, 0) is 29.1 Å². The van der Waals surface area contributed by atoms with E-state index < -0.39 is 0 Å². The van der Waals surface area contributed by atoms with E-state index in [0.717, 1.165) is 40.0 Å². The number of nitrogens with zero attached hydrogens (tertiary/aromatic N) is 3. The van der Waals surface area contributed by atoms with E-state index in [1.165, 1.54) is 11.3 Å². The Bertz CT molecular complexity index is 931. The third-order valence-electron chi connectivity index (χ3n) is 4.35. The van der Waals surface area contributed by atoms with Crippen LogP contribution in [0.5, 0.6) is 0 Å². The summed E-state index contributed by atoms with van der Waals surface area (Å²) in [7, 11) is 0. The first-order chi connectivity index (χ1) is 13.4. The van der Waals surface area contributed by atoms with E-state index >= 15 is 0 Å². The lowest BCUT2D eigenvalue weighted by atomic mass is 10.1. The summed E-state index contributed by atoms with van der Waals surface area (Å²) in [6, 6.07) is 9.85. The van der Waals surface area contributed by atoms with Gasteiger partial charge in [0, 0.05) is 28.9 Å². The zero-order valence-electron chi connectivity index (χ0n) is 16.7. The molecule has 0 aliphatic heterocycles. The molecule has 0 atom stereocenters. The van der Waals surface area contributed by atoms with Crippen LogP contribution >= 0.6 is 11.3 Å². The van der Waals surface area contributed by atoms with E-state index in [1.807, 2.05) is 54.2 Å². The molecule has 28 heavy (non-hydrogen) atoms. The SMILES string of the molecule is Cc1nn(CC(C)C)c(C)c1CC(=O)OCc1csc(Nc2ccccc2)n1. The molecule has 2 heterocycles. The summed E-state index contributed by atoms with van der Waals surface area (Å²) in [6.07, 6.45) is 0.231. The molecule has 0 fully saturated rings. The Morgan fingerprint density at radius 3 is 2.71 bits per heavy atom. The number of rotatable bonds is 8. The van der Waals surface area contributed by atoms with Crippen molar-refractivity contribution in [2.45, 2.75) is 47.3 Å². The van der Waals surface area contributed by atoms with E-state index in [0.29, 0.717) is 5.92 Å². The number of carbonyl (C=O) groups excluding carboxylic acids is 1. The number of anilines is 2. The van der Waals surface area contributed by atoms with Crippen LogP contribution in [0, 0.1) is 19.8 Å². The van der Waals surface area contributed by atoms with Crippen molar-refractivity contribution in [3.05, 3.63) is 58.4 Å². The molecule has 0 aliphatic rings. The topological polar surface area (TPSA) is 69.0 Å². The minimum atomic E-state index is -0.263. The number of nitrogens with one attached hydrogen (secondary N) is 1. The molecule has 0 radical (unpaired) electrons. The summed E-state index contributed by atoms with van der Waals surface area (Å²) in [5, 5.41) is 10.5. The first-order valence-corrected chi connectivity index (χ1v) is 10.3. The molecule has 2 aromatic heterocycles. The Labute approximate surface area is 169 Å². The zero-order valence-corrected chi connectivity index (χ0v) is 17.5. The maximum Gasteiger partial charge on any atom is 0.310 e. The van der Waals surface area contributed by atoms with Gasteiger partial charge in [-0.3, -0.25) is 9.48 Å². The highest BCUT2D eigenvalue weighted by Gasteiger charge is 2.17. The summed E-state index contributed by atoms with van der Waals surface area (Å²) >= 11 is 1.49. The van der Waals surface area contributed by atoms with E-state index in [2.05, 4.69) is 29.2 Å². The minimum Gasteiger partial charge on any atom is -0.459 e. The molecule has 0 spiro atoms. The Hall–Kier alpha value is -2.67. The van der Waals surface area contributed by atoms with Crippen molar-refractivity contribution >= 4 is 28.1 Å². The van der Waals surface area contributed by atoms with Crippen LogP contribution < -0.4 is 5.32 Å². The number of benzene rings is 1. The fourth-order valence-electron chi connectivity index (χ4n) is 2.94. The van der Waals surface area contributed by atoms with Gasteiger partial charge >= 0.3 is 5.97 Å². The molecule has 1 N–H and O–H groups in total. The van der Waals surface area contributed by atoms with Gasteiger partial charge in [-0.2, -0.15) is 5.10 Å². The average Bonchev–Trinajstić information content (AvgIpc) is 3.20. The van der Waals surface area contributed by atoms with Crippen LogP contribution in [0.25, 0.3) is 0 Å². The van der Waals surface area contributed by atoms with Crippen molar-refractivity contribution in [2.75, 3.05) is 5.32 Å². The number of ether oxygens (including phenoxy) is 1. The lowest BCUT2D eigenvalue weighted by Gasteiger charge is -2.08. The molecule has 3 rings (SSSR count). The lowest BCUT2D eigenvalue weighted by molar-refractivity contribution is -0.144. The molecule has 0 amide bonds. The van der Waals surface area contributed by atoms with Crippen molar-refractivity contribution in [2.24, 2.45) is 5.92 Å². The molecule has 0 saturated carbocycles. The Morgan fingerprint density at radius 2 is 2.00 bits per heavy atom. The molecule has 0 unspecified atom stereocenters. The van der Waals surface area contributed by atoms with Crippen molar-refractivity contribution < 1.29 is 9.53 Å². The standard InChI is InChI=1S/C21H26N4O2S/c1-14(2)11-25-16(4)19(15(3)24-25)10-20(26)27-12-18-13-28-21(23-18)22-17-8-6-5-7-9-17/h5-9,13-14H,10-12H2,1-4H3,(H,22,23). The number of para-hydroxylation sites is 1. The molecule has 7 heteroatoms. The van der Waals surface area contributed by atoms with Crippen LogP contribution in [0.2, 0.25) is 0 Å². The smallest absolute Gasteiger partial charge is 0.310 e. The van der Waals surface area contributed by atoms with E-state index in [9.17, 15) is 4.79 Å². The zero-order chi connectivity index (χ0) is 20.1. The first kappa shape index (κ1) is 20.1. The molecular formula is C21H26N4O2S. The van der Waals surface area contributed by atoms with Gasteiger partial charge in [0.25, 0.3) is 0 Å². The van der Waals surface area contributed by atoms with E-state index in [4.69, 9.17) is 4.74 Å². The number of esters is 1. The number of thiazole rings is 1. The predicted molar refractivity (Wildman–Crippen MR) is 112 cm³/mol. The van der Waals surface area contributed by atoms with E-state index in [1.54, 1.807) is 0 Å². The van der Waals surface area contributed by atoms with Crippen molar-refractivity contribution in [3.63, 3.8) is 0 Å². The molecule has 0 aliphatic carbocycles. The molecule has 3 aromatic rings. The lowest BCUT2D eigenvalue weighted by Crippen LogP contribution is -2.11. The molecule has 0 saturated heterocycles. The number of hydrogen-bond donors (Lipinski definition) is 1. The summed E-state index contributed by atoms with van der Waals surface area (Å²) in [5.41, 5.74) is 4.59. The van der Waals surface area contributed by atoms with Gasteiger partial charge in [-0.05, 0) is 31.9 Å².